The minimum atomic E-state index is -5.11. The Morgan fingerprint density at radius 2 is 1.66 bits per heavy atom. The van der Waals surface area contributed by atoms with Crippen molar-refractivity contribution >= 4 is 64.3 Å². The van der Waals surface area contributed by atoms with E-state index in [0.29, 0.717) is 32.4 Å². The molecule has 1 aliphatic rings. The molecule has 1 aliphatic heterocycles. The van der Waals surface area contributed by atoms with E-state index >= 15 is 0 Å². The van der Waals surface area contributed by atoms with Crippen LogP contribution >= 0.6 is 7.82 Å². The number of amides is 4. The fraction of sp³-hybridized carbons (Fsp3) is 0.222. The molecule has 4 amide bonds. The standard InChI is InChI=1S/C27H26N5O9P.2Na/c1-29-15-19(18-7-3-4-8-20(18)29)23-24(22-13-16-9-10-17(32(36)37)14-21(16)30(22)2)26(34)31(25(23)33)27(35)28-11-5-6-12-41-42(38,39)40;;/h3-4,7-10,13-15H,5-6,11-12H2,1-2H3,(H,28,35)(H2,38,39,40);;/q;2*+1/p-2. The second kappa shape index (κ2) is 14.2. The Hall–Kier alpha value is -2.62. The summed E-state index contributed by atoms with van der Waals surface area (Å²) < 4.78 is 18.1. The second-order valence-corrected chi connectivity index (χ2v) is 10.8. The van der Waals surface area contributed by atoms with Crippen molar-refractivity contribution in [3.05, 3.63) is 76.1 Å². The number of imide groups is 3. The minimum Gasteiger partial charge on any atom is -0.790 e. The van der Waals surface area contributed by atoms with Crippen LogP contribution in [0.4, 0.5) is 10.5 Å². The number of hydrogen-bond acceptors (Lipinski definition) is 9. The summed E-state index contributed by atoms with van der Waals surface area (Å²) in [6, 6.07) is 12.2. The summed E-state index contributed by atoms with van der Waals surface area (Å²) in [7, 11) is -1.71. The van der Waals surface area contributed by atoms with Crippen LogP contribution in [0, 0.1) is 10.1 Å². The van der Waals surface area contributed by atoms with Gasteiger partial charge in [-0.15, -0.1) is 0 Å². The smallest absolute Gasteiger partial charge is 0.790 e. The molecule has 5 rings (SSSR count). The Bertz CT molecular complexity index is 1880. The van der Waals surface area contributed by atoms with Crippen LogP contribution in [0.3, 0.4) is 0 Å². The molecule has 3 heterocycles. The van der Waals surface area contributed by atoms with Crippen LogP contribution in [0.5, 0.6) is 0 Å². The molecule has 2 aromatic heterocycles. The molecule has 0 atom stereocenters. The number of unbranched alkanes of at least 4 members (excludes halogenated alkanes) is 1. The van der Waals surface area contributed by atoms with Crippen LogP contribution in [0.1, 0.15) is 24.1 Å². The number of urea groups is 1. The average molecular weight is 639 g/mol. The number of non-ortho nitro benzene ring substituents is 1. The summed E-state index contributed by atoms with van der Waals surface area (Å²) in [4.78, 5) is 73.4. The van der Waals surface area contributed by atoms with Crippen molar-refractivity contribution < 1.29 is 97.3 Å². The van der Waals surface area contributed by atoms with Crippen molar-refractivity contribution in [1.29, 1.82) is 0 Å². The van der Waals surface area contributed by atoms with Gasteiger partial charge in [0.25, 0.3) is 17.5 Å². The molecule has 44 heavy (non-hydrogen) atoms. The Balaban J connectivity index is 0.00000264. The van der Waals surface area contributed by atoms with Gasteiger partial charge in [-0.1, -0.05) is 18.2 Å². The molecular weight excluding hydrogens is 615 g/mol. The Labute approximate surface area is 295 Å². The van der Waals surface area contributed by atoms with E-state index in [1.807, 2.05) is 12.1 Å². The van der Waals surface area contributed by atoms with E-state index < -0.39 is 30.6 Å². The van der Waals surface area contributed by atoms with Gasteiger partial charge in [0.05, 0.1) is 41.7 Å². The van der Waals surface area contributed by atoms with Crippen LogP contribution in [-0.4, -0.2) is 50.0 Å². The first-order valence-electron chi connectivity index (χ1n) is 12.7. The van der Waals surface area contributed by atoms with Crippen molar-refractivity contribution in [1.82, 2.24) is 19.4 Å². The molecule has 0 radical (unpaired) electrons. The number of phosphoric ester groups is 1. The first-order chi connectivity index (χ1) is 19.9. The number of carbonyl (C=O) groups excluding carboxylic acids is 3. The number of benzene rings is 2. The number of nitro groups is 1. The van der Waals surface area contributed by atoms with Gasteiger partial charge in [0.1, 0.15) is 0 Å². The number of carbonyl (C=O) groups is 3. The Morgan fingerprint density at radius 3 is 2.34 bits per heavy atom. The summed E-state index contributed by atoms with van der Waals surface area (Å²) in [6.07, 6.45) is 2.04. The number of aromatic nitrogens is 2. The second-order valence-electron chi connectivity index (χ2n) is 9.67. The SMILES string of the molecule is Cn1cc(C2=C(c3cc4ccc([N+](=O)[O-])cc4n3C)C(=O)N(C(=O)NCCCCOP(=O)([O-])[O-])C2=O)c2ccccc21.[Na+].[Na+]. The summed E-state index contributed by atoms with van der Waals surface area (Å²) in [6.45, 7) is -0.393. The van der Waals surface area contributed by atoms with E-state index in [2.05, 4.69) is 9.84 Å². The normalized spacial score (nSPS) is 13.4. The van der Waals surface area contributed by atoms with Crippen molar-refractivity contribution in [2.45, 2.75) is 12.8 Å². The average Bonchev–Trinajstić information content (AvgIpc) is 3.53. The third-order valence-electron chi connectivity index (χ3n) is 7.05. The predicted octanol–water partition coefficient (Wildman–Crippen LogP) is -3.80. The molecule has 0 aliphatic carbocycles. The summed E-state index contributed by atoms with van der Waals surface area (Å²) >= 11 is 0. The molecule has 0 fully saturated rings. The fourth-order valence-electron chi connectivity index (χ4n) is 5.09. The summed E-state index contributed by atoms with van der Waals surface area (Å²) in [5, 5.41) is 15.1. The molecule has 14 nitrogen and oxygen atoms in total. The third-order valence-corrected chi connectivity index (χ3v) is 7.54. The van der Waals surface area contributed by atoms with Crippen molar-refractivity contribution in [2.75, 3.05) is 13.2 Å². The van der Waals surface area contributed by atoms with E-state index in [9.17, 15) is 38.8 Å². The molecule has 2 aromatic carbocycles. The number of nitrogens with zero attached hydrogens (tertiary/aromatic N) is 4. The molecule has 17 heteroatoms. The number of hydrogen-bond donors (Lipinski definition) is 1. The van der Waals surface area contributed by atoms with Crippen LogP contribution in [0.2, 0.25) is 0 Å². The Kier molecular flexibility index (Phi) is 11.6. The van der Waals surface area contributed by atoms with Gasteiger partial charge >= 0.3 is 65.1 Å². The molecule has 0 spiro atoms. The molecular formula is C27H24N5Na2O9P. The van der Waals surface area contributed by atoms with Gasteiger partial charge in [0, 0.05) is 60.8 Å². The zero-order valence-corrected chi connectivity index (χ0v) is 29.3. The molecule has 218 valence electrons. The predicted molar refractivity (Wildman–Crippen MR) is 147 cm³/mol. The zero-order chi connectivity index (χ0) is 30.3. The summed E-state index contributed by atoms with van der Waals surface area (Å²) in [5.41, 5.74) is 1.79. The number of rotatable bonds is 9. The maximum atomic E-state index is 13.9. The van der Waals surface area contributed by atoms with Crippen LogP contribution < -0.4 is 74.2 Å². The van der Waals surface area contributed by atoms with Gasteiger partial charge in [-0.25, -0.2) is 4.79 Å². The molecule has 0 unspecified atom stereocenters. The number of nitrogens with one attached hydrogen (secondary N) is 1. The topological polar surface area (TPSA) is 192 Å². The number of phosphoric acid groups is 1. The van der Waals surface area contributed by atoms with Gasteiger partial charge in [0.2, 0.25) is 0 Å². The molecule has 1 N–H and O–H groups in total. The molecule has 4 aromatic rings. The number of nitro benzene ring substituents is 1. The maximum absolute atomic E-state index is 13.9. The molecule has 0 bridgehead atoms. The first kappa shape index (κ1) is 35.9. The zero-order valence-electron chi connectivity index (χ0n) is 24.4. The number of aryl methyl sites for hydroxylation is 2. The maximum Gasteiger partial charge on any atom is 1.00 e. The van der Waals surface area contributed by atoms with Gasteiger partial charge in [-0.05, 0) is 31.0 Å². The van der Waals surface area contributed by atoms with Crippen molar-refractivity contribution in [2.24, 2.45) is 14.1 Å². The first-order valence-corrected chi connectivity index (χ1v) is 14.2. The van der Waals surface area contributed by atoms with E-state index in [1.54, 1.807) is 53.7 Å². The molecule has 0 saturated carbocycles. The quantitative estimate of drug-likeness (QED) is 0.0478. The monoisotopic (exact) mass is 639 g/mol. The minimum absolute atomic E-state index is 0. The van der Waals surface area contributed by atoms with E-state index in [0.717, 1.165) is 5.52 Å². The van der Waals surface area contributed by atoms with Gasteiger partial charge in [0.15, 0.2) is 0 Å². The van der Waals surface area contributed by atoms with Crippen LogP contribution in [-0.2, 0) is 32.8 Å². The van der Waals surface area contributed by atoms with Crippen molar-refractivity contribution in [3.8, 4) is 0 Å². The van der Waals surface area contributed by atoms with Gasteiger partial charge < -0.3 is 33.3 Å². The van der Waals surface area contributed by atoms with Crippen LogP contribution in [0.15, 0.2) is 54.7 Å². The van der Waals surface area contributed by atoms with Gasteiger partial charge in [-0.2, -0.15) is 4.90 Å². The molecule has 0 saturated heterocycles. The van der Waals surface area contributed by atoms with Crippen LogP contribution in [0.25, 0.3) is 33.0 Å². The van der Waals surface area contributed by atoms with E-state index in [4.69, 9.17) is 0 Å². The van der Waals surface area contributed by atoms with Crippen molar-refractivity contribution in [3.63, 3.8) is 0 Å². The fourth-order valence-corrected chi connectivity index (χ4v) is 5.44. The van der Waals surface area contributed by atoms with Gasteiger partial charge in [-0.3, -0.25) is 19.7 Å². The van der Waals surface area contributed by atoms with E-state index in [1.165, 1.54) is 12.1 Å². The number of para-hydroxylation sites is 1. The third kappa shape index (κ3) is 6.95. The summed E-state index contributed by atoms with van der Waals surface area (Å²) in [5.74, 6) is -1.72. The Morgan fingerprint density at radius 1 is 0.977 bits per heavy atom. The largest absolute Gasteiger partial charge is 1.00 e. The van der Waals surface area contributed by atoms with E-state index in [-0.39, 0.29) is 102 Å². The number of fused-ring (bicyclic) bond motifs is 2.